The van der Waals surface area contributed by atoms with E-state index in [1.54, 1.807) is 7.11 Å². The van der Waals surface area contributed by atoms with Gasteiger partial charge in [0.1, 0.15) is 5.75 Å². The van der Waals surface area contributed by atoms with Crippen molar-refractivity contribution in [2.45, 2.75) is 107 Å². The summed E-state index contributed by atoms with van der Waals surface area (Å²) in [5, 5.41) is 4.14. The number of ether oxygens (including phenoxy) is 1. The monoisotopic (exact) mass is 673 g/mol. The van der Waals surface area contributed by atoms with Crippen LogP contribution in [0.15, 0.2) is 109 Å². The van der Waals surface area contributed by atoms with Crippen molar-refractivity contribution in [3.63, 3.8) is 0 Å². The molecule has 0 aliphatic rings. The maximum atomic E-state index is 6.29. The van der Waals surface area contributed by atoms with E-state index in [4.69, 9.17) is 16.3 Å². The van der Waals surface area contributed by atoms with Crippen molar-refractivity contribution in [1.82, 2.24) is 5.32 Å². The van der Waals surface area contributed by atoms with Crippen molar-refractivity contribution in [1.29, 1.82) is 0 Å². The standard InChI is InChI=1S/C30H40ClNO.C15H28/c1-21(2)29(20-27-16-17-30(33-7)28(31)19-27)32-24(5)13-11-12-22(3)25(6)23(4)18-26-14-9-8-10-15-26;1-8-13(6)14(7)10-15(12(4)5)9-11(2)3/h8-11,13-17,19,22-23,25,29,32H,1,5,12,18,20H2,2-4,6-7H3;11,13,15H,4,7-10H2,1-3,5-6H3/b13-11+;/t22-,23?,25?,29+;/m0./s1. The van der Waals surface area contributed by atoms with Crippen molar-refractivity contribution >= 4 is 11.6 Å². The van der Waals surface area contributed by atoms with Gasteiger partial charge in [0.15, 0.2) is 0 Å². The van der Waals surface area contributed by atoms with E-state index in [1.807, 2.05) is 25.1 Å². The number of hydrogen-bond acceptors (Lipinski definition) is 2. The summed E-state index contributed by atoms with van der Waals surface area (Å²) in [6.07, 6.45) is 10.9. The lowest BCUT2D eigenvalue weighted by Gasteiger charge is -2.25. The molecule has 2 aromatic rings. The van der Waals surface area contributed by atoms with E-state index in [0.29, 0.717) is 40.4 Å². The Labute approximate surface area is 301 Å². The van der Waals surface area contributed by atoms with Crippen molar-refractivity contribution in [2.75, 3.05) is 7.11 Å². The molecular formula is C45H68ClNO. The van der Waals surface area contributed by atoms with Crippen molar-refractivity contribution < 1.29 is 4.74 Å². The van der Waals surface area contributed by atoms with Gasteiger partial charge in [-0.25, -0.2) is 0 Å². The summed E-state index contributed by atoms with van der Waals surface area (Å²) in [4.78, 5) is 0. The van der Waals surface area contributed by atoms with Crippen LogP contribution in [-0.4, -0.2) is 13.2 Å². The number of allylic oxidation sites excluding steroid dienone is 4. The highest BCUT2D eigenvalue weighted by atomic mass is 35.5. The van der Waals surface area contributed by atoms with Crippen LogP contribution in [0, 0.1) is 35.5 Å². The van der Waals surface area contributed by atoms with E-state index in [2.05, 4.69) is 130 Å². The van der Waals surface area contributed by atoms with Gasteiger partial charge in [0.2, 0.25) is 0 Å². The average Bonchev–Trinajstić information content (AvgIpc) is 3.03. The van der Waals surface area contributed by atoms with Crippen LogP contribution in [0.3, 0.4) is 0 Å². The molecule has 2 nitrogen and oxygen atoms in total. The van der Waals surface area contributed by atoms with Crippen LogP contribution < -0.4 is 10.1 Å². The molecule has 3 heteroatoms. The molecule has 266 valence electrons. The van der Waals surface area contributed by atoms with Gasteiger partial charge in [-0.05, 0) is 117 Å². The second-order valence-electron chi connectivity index (χ2n) is 14.7. The highest BCUT2D eigenvalue weighted by Crippen LogP contribution is 2.30. The predicted octanol–water partition coefficient (Wildman–Crippen LogP) is 13.3. The van der Waals surface area contributed by atoms with Gasteiger partial charge in [0.25, 0.3) is 0 Å². The second kappa shape index (κ2) is 22.6. The molecule has 0 amide bonds. The van der Waals surface area contributed by atoms with E-state index < -0.39 is 0 Å². The lowest BCUT2D eigenvalue weighted by molar-refractivity contribution is 0.279. The zero-order valence-corrected chi connectivity index (χ0v) is 32.9. The molecule has 0 aromatic heterocycles. The molecular weight excluding hydrogens is 606 g/mol. The number of methoxy groups -OCH3 is 1. The van der Waals surface area contributed by atoms with Crippen molar-refractivity contribution in [2.24, 2.45) is 35.5 Å². The molecule has 0 bridgehead atoms. The van der Waals surface area contributed by atoms with Gasteiger partial charge in [-0.15, -0.1) is 0 Å². The van der Waals surface area contributed by atoms with Gasteiger partial charge in [0, 0.05) is 5.70 Å². The third-order valence-electron chi connectivity index (χ3n) is 9.90. The fourth-order valence-electron chi connectivity index (χ4n) is 5.90. The average molecular weight is 674 g/mol. The van der Waals surface area contributed by atoms with Crippen LogP contribution >= 0.6 is 11.6 Å². The summed E-state index contributed by atoms with van der Waals surface area (Å²) in [7, 11) is 1.63. The van der Waals surface area contributed by atoms with E-state index >= 15 is 0 Å². The fourth-order valence-corrected chi connectivity index (χ4v) is 6.18. The van der Waals surface area contributed by atoms with E-state index in [-0.39, 0.29) is 6.04 Å². The van der Waals surface area contributed by atoms with Gasteiger partial charge in [0.05, 0.1) is 18.2 Å². The van der Waals surface area contributed by atoms with E-state index in [0.717, 1.165) is 48.4 Å². The Morgan fingerprint density at radius 1 is 0.854 bits per heavy atom. The lowest BCUT2D eigenvalue weighted by atomic mass is 9.80. The Bertz CT molecular complexity index is 1310. The molecule has 0 saturated heterocycles. The number of nitrogens with one attached hydrogen (secondary N) is 1. The minimum Gasteiger partial charge on any atom is -0.495 e. The second-order valence-corrected chi connectivity index (χ2v) is 15.1. The largest absolute Gasteiger partial charge is 0.495 e. The number of rotatable bonds is 20. The molecule has 48 heavy (non-hydrogen) atoms. The number of halogens is 1. The van der Waals surface area contributed by atoms with E-state index in [1.165, 1.54) is 29.6 Å². The van der Waals surface area contributed by atoms with Crippen LogP contribution in [-0.2, 0) is 12.8 Å². The van der Waals surface area contributed by atoms with Crippen LogP contribution in [0.25, 0.3) is 0 Å². The number of benzene rings is 2. The van der Waals surface area contributed by atoms with Crippen LogP contribution in [0.5, 0.6) is 5.75 Å². The fraction of sp³-hybridized carbons (Fsp3) is 0.511. The molecule has 4 unspecified atom stereocenters. The summed E-state index contributed by atoms with van der Waals surface area (Å²) in [5.41, 5.74) is 7.22. The minimum atomic E-state index is 0.0915. The normalized spacial score (nSPS) is 15.0. The minimum absolute atomic E-state index is 0.0915. The summed E-state index contributed by atoms with van der Waals surface area (Å²) in [5.74, 6) is 4.60. The summed E-state index contributed by atoms with van der Waals surface area (Å²) in [6.45, 7) is 37.0. The lowest BCUT2D eigenvalue weighted by Crippen LogP contribution is -2.30. The van der Waals surface area contributed by atoms with Crippen molar-refractivity contribution in [3.05, 3.63) is 126 Å². The maximum absolute atomic E-state index is 6.29. The van der Waals surface area contributed by atoms with Crippen LogP contribution in [0.4, 0.5) is 0 Å². The van der Waals surface area contributed by atoms with Crippen molar-refractivity contribution in [3.8, 4) is 5.75 Å². The topological polar surface area (TPSA) is 21.3 Å². The molecule has 0 aliphatic carbocycles. The highest BCUT2D eigenvalue weighted by Gasteiger charge is 2.19. The predicted molar refractivity (Wildman–Crippen MR) is 215 cm³/mol. The SMILES string of the molecule is C=C(/C=C/C[C@H](C)C(C)C(C)Cc1ccccc1)N[C@H](Cc1ccc(OC)c(Cl)c1)C(=C)C.C=C(CC(CC(C)C)C(=C)C)C(C)CC. The van der Waals surface area contributed by atoms with Gasteiger partial charge >= 0.3 is 0 Å². The number of hydrogen-bond donors (Lipinski definition) is 1. The Morgan fingerprint density at radius 2 is 1.50 bits per heavy atom. The molecule has 0 saturated carbocycles. The Morgan fingerprint density at radius 3 is 2.02 bits per heavy atom. The molecule has 2 aromatic carbocycles. The molecule has 0 radical (unpaired) electrons. The van der Waals surface area contributed by atoms with Gasteiger partial charge in [-0.1, -0.05) is 146 Å². The molecule has 0 aliphatic heterocycles. The molecule has 2 rings (SSSR count). The maximum Gasteiger partial charge on any atom is 0.137 e. The summed E-state index contributed by atoms with van der Waals surface area (Å²) < 4.78 is 5.25. The third kappa shape index (κ3) is 16.4. The Balaban J connectivity index is 0.000000646. The van der Waals surface area contributed by atoms with E-state index in [9.17, 15) is 0 Å². The highest BCUT2D eigenvalue weighted by molar-refractivity contribution is 6.32. The summed E-state index contributed by atoms with van der Waals surface area (Å²) in [6, 6.07) is 16.8. The van der Waals surface area contributed by atoms with Gasteiger partial charge in [-0.3, -0.25) is 0 Å². The van der Waals surface area contributed by atoms with Gasteiger partial charge in [-0.2, -0.15) is 0 Å². The first-order valence-electron chi connectivity index (χ1n) is 18.1. The first-order chi connectivity index (χ1) is 22.6. The Hall–Kier alpha value is -2.97. The smallest absolute Gasteiger partial charge is 0.137 e. The molecule has 0 fully saturated rings. The van der Waals surface area contributed by atoms with Crippen LogP contribution in [0.1, 0.15) is 99.1 Å². The molecule has 0 spiro atoms. The third-order valence-corrected chi connectivity index (χ3v) is 10.2. The zero-order valence-electron chi connectivity index (χ0n) is 32.2. The first-order valence-corrected chi connectivity index (χ1v) is 18.4. The summed E-state index contributed by atoms with van der Waals surface area (Å²) >= 11 is 6.29. The zero-order chi connectivity index (χ0) is 36.4. The molecule has 6 atom stereocenters. The quantitative estimate of drug-likeness (QED) is 0.112. The Kier molecular flexibility index (Phi) is 20.3. The molecule has 0 heterocycles. The first kappa shape index (κ1) is 43.1. The van der Waals surface area contributed by atoms with Gasteiger partial charge < -0.3 is 10.1 Å². The molecule has 1 N–H and O–H groups in total. The van der Waals surface area contributed by atoms with Crippen LogP contribution in [0.2, 0.25) is 5.02 Å².